The van der Waals surface area contributed by atoms with Crippen molar-refractivity contribution in [3.63, 3.8) is 0 Å². The Balaban J connectivity index is 2.22. The van der Waals surface area contributed by atoms with E-state index in [1.165, 1.54) is 0 Å². The molecule has 2 aromatic carbocycles. The molecule has 0 heterocycles. The largest absolute Gasteiger partial charge is 0.496 e. The first-order valence-corrected chi connectivity index (χ1v) is 7.50. The van der Waals surface area contributed by atoms with Crippen LogP contribution in [-0.4, -0.2) is 12.9 Å². The normalized spacial score (nSPS) is 10.8. The lowest BCUT2D eigenvalue weighted by Gasteiger charge is -2.04. The first kappa shape index (κ1) is 15.0. The first-order valence-electron chi connectivity index (χ1n) is 5.91. The van der Waals surface area contributed by atoms with Gasteiger partial charge in [0, 0.05) is 20.1 Å². The van der Waals surface area contributed by atoms with E-state index >= 15 is 0 Å². The zero-order valence-electron chi connectivity index (χ0n) is 10.8. The SMILES string of the molecule is COc1ccc(Br)cc1C=CC(=O)c1ccc(Br)cc1. The molecule has 0 amide bonds. The second kappa shape index (κ2) is 6.86. The van der Waals surface area contributed by atoms with Gasteiger partial charge < -0.3 is 4.74 Å². The lowest BCUT2D eigenvalue weighted by Crippen LogP contribution is -1.94. The third-order valence-electron chi connectivity index (χ3n) is 2.73. The third kappa shape index (κ3) is 3.81. The molecular weight excluding hydrogens is 384 g/mol. The van der Waals surface area contributed by atoms with Crippen molar-refractivity contribution in [3.8, 4) is 5.75 Å². The number of ether oxygens (including phenoxy) is 1. The number of carbonyl (C=O) groups excluding carboxylic acids is 1. The summed E-state index contributed by atoms with van der Waals surface area (Å²) in [4.78, 5) is 12.1. The summed E-state index contributed by atoms with van der Waals surface area (Å²) >= 11 is 6.75. The van der Waals surface area contributed by atoms with Crippen LogP contribution < -0.4 is 4.74 Å². The molecule has 4 heteroatoms. The van der Waals surface area contributed by atoms with Crippen molar-refractivity contribution in [2.45, 2.75) is 0 Å². The number of hydrogen-bond donors (Lipinski definition) is 0. The molecule has 2 aromatic rings. The van der Waals surface area contributed by atoms with E-state index in [1.54, 1.807) is 31.4 Å². The van der Waals surface area contributed by atoms with Gasteiger partial charge in [-0.05, 0) is 54.6 Å². The highest BCUT2D eigenvalue weighted by atomic mass is 79.9. The van der Waals surface area contributed by atoms with Crippen molar-refractivity contribution < 1.29 is 9.53 Å². The number of allylic oxidation sites excluding steroid dienone is 1. The van der Waals surface area contributed by atoms with Gasteiger partial charge in [-0.2, -0.15) is 0 Å². The smallest absolute Gasteiger partial charge is 0.185 e. The second-order valence-electron chi connectivity index (χ2n) is 4.09. The van der Waals surface area contributed by atoms with Crippen molar-refractivity contribution in [3.05, 3.63) is 68.6 Å². The molecule has 0 saturated heterocycles. The van der Waals surface area contributed by atoms with Gasteiger partial charge >= 0.3 is 0 Å². The van der Waals surface area contributed by atoms with Crippen LogP contribution in [0, 0.1) is 0 Å². The maximum Gasteiger partial charge on any atom is 0.185 e. The van der Waals surface area contributed by atoms with Gasteiger partial charge in [-0.15, -0.1) is 0 Å². The Hall–Kier alpha value is -1.39. The van der Waals surface area contributed by atoms with Crippen molar-refractivity contribution in [2.24, 2.45) is 0 Å². The van der Waals surface area contributed by atoms with Crippen LogP contribution in [0.15, 0.2) is 57.5 Å². The third-order valence-corrected chi connectivity index (χ3v) is 3.76. The van der Waals surface area contributed by atoms with E-state index in [2.05, 4.69) is 31.9 Å². The number of benzene rings is 2. The van der Waals surface area contributed by atoms with Crippen LogP contribution in [0.5, 0.6) is 5.75 Å². The molecule has 0 N–H and O–H groups in total. The Morgan fingerprint density at radius 3 is 2.35 bits per heavy atom. The van der Waals surface area contributed by atoms with Crippen molar-refractivity contribution in [1.82, 2.24) is 0 Å². The van der Waals surface area contributed by atoms with Crippen molar-refractivity contribution >= 4 is 43.7 Å². The fourth-order valence-corrected chi connectivity index (χ4v) is 2.35. The Morgan fingerprint density at radius 1 is 1.05 bits per heavy atom. The first-order chi connectivity index (χ1) is 9.60. The van der Waals surface area contributed by atoms with Gasteiger partial charge in [0.05, 0.1) is 7.11 Å². The van der Waals surface area contributed by atoms with Crippen LogP contribution in [0.25, 0.3) is 6.08 Å². The molecule has 20 heavy (non-hydrogen) atoms. The van der Waals surface area contributed by atoms with Gasteiger partial charge in [0.25, 0.3) is 0 Å². The van der Waals surface area contributed by atoms with E-state index in [9.17, 15) is 4.79 Å². The number of ketones is 1. The molecule has 0 fully saturated rings. The average molecular weight is 396 g/mol. The summed E-state index contributed by atoms with van der Waals surface area (Å²) in [5.41, 5.74) is 1.51. The minimum atomic E-state index is -0.0421. The fourth-order valence-electron chi connectivity index (χ4n) is 1.71. The van der Waals surface area contributed by atoms with Crippen LogP contribution in [0.3, 0.4) is 0 Å². The van der Waals surface area contributed by atoms with Crippen LogP contribution in [0.4, 0.5) is 0 Å². The molecule has 2 nitrogen and oxygen atoms in total. The number of carbonyl (C=O) groups is 1. The van der Waals surface area contributed by atoms with E-state index < -0.39 is 0 Å². The Kier molecular flexibility index (Phi) is 5.15. The van der Waals surface area contributed by atoms with Gasteiger partial charge in [-0.25, -0.2) is 0 Å². The quantitative estimate of drug-likeness (QED) is 0.530. The monoisotopic (exact) mass is 394 g/mol. The summed E-state index contributed by atoms with van der Waals surface area (Å²) in [5.74, 6) is 0.688. The predicted molar refractivity (Wildman–Crippen MR) is 88.2 cm³/mol. The predicted octanol–water partition coefficient (Wildman–Crippen LogP) is 5.12. The molecular formula is C16H12Br2O2. The number of halogens is 2. The van der Waals surface area contributed by atoms with E-state index in [0.717, 1.165) is 20.3 Å². The van der Waals surface area contributed by atoms with E-state index in [-0.39, 0.29) is 5.78 Å². The highest BCUT2D eigenvalue weighted by molar-refractivity contribution is 9.10. The molecule has 0 aromatic heterocycles. The van der Waals surface area contributed by atoms with Crippen LogP contribution in [0.2, 0.25) is 0 Å². The highest BCUT2D eigenvalue weighted by Gasteiger charge is 2.03. The number of methoxy groups -OCH3 is 1. The molecule has 0 radical (unpaired) electrons. The maximum absolute atomic E-state index is 12.1. The minimum absolute atomic E-state index is 0.0421. The average Bonchev–Trinajstić information content (AvgIpc) is 2.45. The van der Waals surface area contributed by atoms with Gasteiger partial charge in [0.2, 0.25) is 0 Å². The van der Waals surface area contributed by atoms with E-state index in [4.69, 9.17) is 4.74 Å². The minimum Gasteiger partial charge on any atom is -0.496 e. The van der Waals surface area contributed by atoms with E-state index in [0.29, 0.717) is 5.56 Å². The standard InChI is InChI=1S/C16H12Br2O2/c1-20-16-9-7-14(18)10-12(16)4-8-15(19)11-2-5-13(17)6-3-11/h2-10H,1H3. The summed E-state index contributed by atoms with van der Waals surface area (Å²) in [6.07, 6.45) is 3.31. The topological polar surface area (TPSA) is 26.3 Å². The van der Waals surface area contributed by atoms with E-state index in [1.807, 2.05) is 30.3 Å². The molecule has 102 valence electrons. The van der Waals surface area contributed by atoms with Crippen LogP contribution in [-0.2, 0) is 0 Å². The Morgan fingerprint density at radius 2 is 1.70 bits per heavy atom. The van der Waals surface area contributed by atoms with Crippen molar-refractivity contribution in [2.75, 3.05) is 7.11 Å². The van der Waals surface area contributed by atoms with Gasteiger partial charge in [-0.3, -0.25) is 4.79 Å². The second-order valence-corrected chi connectivity index (χ2v) is 5.92. The van der Waals surface area contributed by atoms with Gasteiger partial charge in [0.15, 0.2) is 5.78 Å². The zero-order chi connectivity index (χ0) is 14.5. The maximum atomic E-state index is 12.1. The van der Waals surface area contributed by atoms with Crippen molar-refractivity contribution in [1.29, 1.82) is 0 Å². The molecule has 2 rings (SSSR count). The lowest BCUT2D eigenvalue weighted by molar-refractivity contribution is 0.104. The molecule has 0 aliphatic heterocycles. The molecule has 0 bridgehead atoms. The van der Waals surface area contributed by atoms with Crippen LogP contribution >= 0.6 is 31.9 Å². The molecule has 0 saturated carbocycles. The Bertz CT molecular complexity index is 646. The van der Waals surface area contributed by atoms with Gasteiger partial charge in [0.1, 0.15) is 5.75 Å². The lowest BCUT2D eigenvalue weighted by atomic mass is 10.1. The summed E-state index contributed by atoms with van der Waals surface area (Å²) in [7, 11) is 1.61. The molecule has 0 atom stereocenters. The number of hydrogen-bond acceptors (Lipinski definition) is 2. The molecule has 0 spiro atoms. The zero-order valence-corrected chi connectivity index (χ0v) is 13.9. The van der Waals surface area contributed by atoms with Gasteiger partial charge in [-0.1, -0.05) is 31.9 Å². The molecule has 0 unspecified atom stereocenters. The summed E-state index contributed by atoms with van der Waals surface area (Å²) < 4.78 is 7.15. The summed E-state index contributed by atoms with van der Waals surface area (Å²) in [6.45, 7) is 0. The molecule has 0 aliphatic carbocycles. The Labute approximate surface area is 134 Å². The highest BCUT2D eigenvalue weighted by Crippen LogP contribution is 2.24. The van der Waals surface area contributed by atoms with Crippen LogP contribution in [0.1, 0.15) is 15.9 Å². The number of rotatable bonds is 4. The summed E-state index contributed by atoms with van der Waals surface area (Å²) in [5, 5.41) is 0. The summed E-state index contributed by atoms with van der Waals surface area (Å²) in [6, 6.07) is 12.9. The fraction of sp³-hybridized carbons (Fsp3) is 0.0625. The molecule has 0 aliphatic rings.